The molecule has 2 fully saturated rings. The standard InChI is InChI=1S/C43H52N4O5/c1-22(49)26(27-14-39-42-30(16-36(44(39)3)32(27)19-48)25-10-8-9-11-35(25)46(42)5)12-24-13-29-31-17-37-34-21-52-20-33(23(2)50)28(34)15-40(45(37)4)43(31)47(6)38(29)18-41(24)51-7/h8-11,13,18,20,26-28,32,34,36-37,39-40,48H,12,14-17,19,21H2,1-7H3/t26-,27+,28+,32-,34-,36+,37+,39+,40+/m1/s1. The number of hydrogen-bond donors (Lipinski definition) is 1. The molecule has 0 amide bonds. The first kappa shape index (κ1) is 33.9. The molecular formula is C43H52N4O5. The van der Waals surface area contributed by atoms with E-state index in [1.807, 2.05) is 0 Å². The third-order valence-electron chi connectivity index (χ3n) is 14.5. The summed E-state index contributed by atoms with van der Waals surface area (Å²) >= 11 is 0. The number of ether oxygens (including phenoxy) is 2. The first-order valence-electron chi connectivity index (χ1n) is 19.2. The highest BCUT2D eigenvalue weighted by Crippen LogP contribution is 2.53. The van der Waals surface area contributed by atoms with Crippen molar-refractivity contribution in [1.82, 2.24) is 18.9 Å². The Morgan fingerprint density at radius 1 is 0.904 bits per heavy atom. The van der Waals surface area contributed by atoms with Gasteiger partial charge in [0.25, 0.3) is 0 Å². The van der Waals surface area contributed by atoms with E-state index >= 15 is 0 Å². The van der Waals surface area contributed by atoms with E-state index in [4.69, 9.17) is 9.47 Å². The Labute approximate surface area is 306 Å². The number of rotatable bonds is 7. The van der Waals surface area contributed by atoms with Crippen LogP contribution in [0.1, 0.15) is 66.9 Å². The number of aliphatic hydroxyl groups excluding tert-OH is 1. The molecule has 2 saturated heterocycles. The molecule has 1 N–H and O–H groups in total. The molecule has 9 atom stereocenters. The van der Waals surface area contributed by atoms with Crippen molar-refractivity contribution >= 4 is 33.4 Å². The maximum Gasteiger partial charge on any atom is 0.159 e. The van der Waals surface area contributed by atoms with Gasteiger partial charge in [-0.3, -0.25) is 19.4 Å². The van der Waals surface area contributed by atoms with Gasteiger partial charge < -0.3 is 23.7 Å². The summed E-state index contributed by atoms with van der Waals surface area (Å²) in [5, 5.41) is 13.6. The van der Waals surface area contributed by atoms with E-state index in [1.54, 1.807) is 27.2 Å². The Hall–Kier alpha value is -3.92. The van der Waals surface area contributed by atoms with Crippen molar-refractivity contribution < 1.29 is 24.2 Å². The van der Waals surface area contributed by atoms with Gasteiger partial charge in [0.2, 0.25) is 0 Å². The second-order valence-electron chi connectivity index (χ2n) is 16.6. The molecule has 0 spiro atoms. The van der Waals surface area contributed by atoms with Crippen molar-refractivity contribution in [3.8, 4) is 5.75 Å². The summed E-state index contributed by atoms with van der Waals surface area (Å²) in [6, 6.07) is 13.9. The lowest BCUT2D eigenvalue weighted by molar-refractivity contribution is -0.126. The zero-order valence-electron chi connectivity index (χ0n) is 31.6. The van der Waals surface area contributed by atoms with Crippen molar-refractivity contribution in [2.75, 3.05) is 34.4 Å². The minimum absolute atomic E-state index is 0.0176. The molecule has 2 aromatic carbocycles. The predicted molar refractivity (Wildman–Crippen MR) is 201 cm³/mol. The molecule has 7 heterocycles. The molecule has 4 aromatic rings. The van der Waals surface area contributed by atoms with Crippen molar-refractivity contribution in [3.05, 3.63) is 76.3 Å². The molecule has 52 heavy (non-hydrogen) atoms. The van der Waals surface area contributed by atoms with Gasteiger partial charge in [-0.25, -0.2) is 0 Å². The number of para-hydroxylation sites is 1. The van der Waals surface area contributed by atoms with Crippen molar-refractivity contribution in [2.45, 2.75) is 70.1 Å². The van der Waals surface area contributed by atoms with Crippen LogP contribution in [0, 0.1) is 29.6 Å². The van der Waals surface area contributed by atoms with Crippen LogP contribution in [0.4, 0.5) is 0 Å². The van der Waals surface area contributed by atoms with Crippen LogP contribution in [0.2, 0.25) is 0 Å². The summed E-state index contributed by atoms with van der Waals surface area (Å²) in [4.78, 5) is 31.5. The summed E-state index contributed by atoms with van der Waals surface area (Å²) in [7, 11) is 10.5. The van der Waals surface area contributed by atoms with Gasteiger partial charge in [-0.15, -0.1) is 0 Å². The summed E-state index contributed by atoms with van der Waals surface area (Å²) in [5.41, 5.74) is 9.71. The number of fused-ring (bicyclic) bond motifs is 14. The van der Waals surface area contributed by atoms with E-state index < -0.39 is 0 Å². The zero-order valence-corrected chi connectivity index (χ0v) is 31.6. The van der Waals surface area contributed by atoms with Gasteiger partial charge in [0.1, 0.15) is 11.5 Å². The molecule has 0 radical (unpaired) electrons. The van der Waals surface area contributed by atoms with Gasteiger partial charge >= 0.3 is 0 Å². The summed E-state index contributed by atoms with van der Waals surface area (Å²) in [6.45, 7) is 4.10. The fourth-order valence-corrected chi connectivity index (χ4v) is 12.0. The molecule has 0 saturated carbocycles. The number of piperidine rings is 2. The highest BCUT2D eigenvalue weighted by molar-refractivity contribution is 5.94. The van der Waals surface area contributed by atoms with Gasteiger partial charge in [-0.2, -0.15) is 0 Å². The number of carbonyl (C=O) groups is 2. The van der Waals surface area contributed by atoms with Crippen LogP contribution in [0.3, 0.4) is 0 Å². The molecular weight excluding hydrogens is 652 g/mol. The Morgan fingerprint density at radius 2 is 1.58 bits per heavy atom. The maximum absolute atomic E-state index is 13.8. The maximum atomic E-state index is 13.8. The number of aliphatic hydroxyl groups is 1. The first-order valence-corrected chi connectivity index (χ1v) is 19.2. The molecule has 5 aliphatic heterocycles. The van der Waals surface area contributed by atoms with Gasteiger partial charge in [0, 0.05) is 89.9 Å². The lowest BCUT2D eigenvalue weighted by atomic mass is 9.64. The molecule has 4 bridgehead atoms. The average molecular weight is 705 g/mol. The number of aromatic nitrogens is 2. The first-order chi connectivity index (χ1) is 25.0. The minimum Gasteiger partial charge on any atom is -0.500 e. The van der Waals surface area contributed by atoms with Crippen LogP contribution in [-0.4, -0.2) is 82.1 Å². The van der Waals surface area contributed by atoms with Gasteiger partial charge in [0.05, 0.1) is 37.6 Å². The lowest BCUT2D eigenvalue weighted by Crippen LogP contribution is -2.56. The Balaban J connectivity index is 1.10. The molecule has 5 aliphatic rings. The topological polar surface area (TPSA) is 89.2 Å². The average Bonchev–Trinajstić information content (AvgIpc) is 3.55. The van der Waals surface area contributed by atoms with Crippen LogP contribution >= 0.6 is 0 Å². The number of hydrogen-bond acceptors (Lipinski definition) is 7. The second kappa shape index (κ2) is 12.3. The SMILES string of the molecule is COc1cc2c(cc1C[C@H](C(C)=O)[C@@H]1C[C@H]3c4c(c5ccccc5n4C)C[C@@H]([C@@H]1CO)N3C)c1c(n2C)[C@@H]2C[C@H]3C(C(C)=O)=COC[C@H]3[C@H](C1)N2C. The third kappa shape index (κ3) is 4.70. The van der Waals surface area contributed by atoms with Crippen molar-refractivity contribution in [3.63, 3.8) is 0 Å². The Morgan fingerprint density at radius 3 is 2.29 bits per heavy atom. The van der Waals surface area contributed by atoms with E-state index in [-0.39, 0.29) is 71.9 Å². The van der Waals surface area contributed by atoms with Gasteiger partial charge in [-0.05, 0) is 101 Å². The van der Waals surface area contributed by atoms with E-state index in [0.717, 1.165) is 48.1 Å². The molecule has 2 aromatic heterocycles. The van der Waals surface area contributed by atoms with Crippen LogP contribution in [-0.2, 0) is 47.7 Å². The molecule has 9 nitrogen and oxygen atoms in total. The number of methoxy groups -OCH3 is 1. The monoisotopic (exact) mass is 704 g/mol. The highest BCUT2D eigenvalue weighted by atomic mass is 16.5. The smallest absolute Gasteiger partial charge is 0.159 e. The summed E-state index contributed by atoms with van der Waals surface area (Å²) in [5.74, 6) is 1.31. The molecule has 0 aliphatic carbocycles. The fourth-order valence-electron chi connectivity index (χ4n) is 12.0. The quantitative estimate of drug-likeness (QED) is 0.265. The molecule has 9 heteroatoms. The number of ketones is 2. The Bertz CT molecular complexity index is 2160. The molecule has 0 unspecified atom stereocenters. The van der Waals surface area contributed by atoms with Crippen LogP contribution in [0.15, 0.2) is 48.2 Å². The van der Waals surface area contributed by atoms with Gasteiger partial charge in [0.15, 0.2) is 5.78 Å². The molecule has 9 rings (SSSR count). The fraction of sp³-hybridized carbons (Fsp3) is 0.535. The number of aryl methyl sites for hydroxylation is 2. The summed E-state index contributed by atoms with van der Waals surface area (Å²) in [6.07, 6.45) is 5.75. The number of Topliss-reactive ketones (excluding diaryl/α,β-unsaturated/α-hetero) is 2. The number of benzene rings is 2. The zero-order chi connectivity index (χ0) is 36.3. The van der Waals surface area contributed by atoms with Gasteiger partial charge in [-0.1, -0.05) is 18.2 Å². The van der Waals surface area contributed by atoms with Crippen LogP contribution in [0.25, 0.3) is 21.8 Å². The molecule has 274 valence electrons. The normalized spacial score (nSPS) is 30.3. The predicted octanol–water partition coefficient (Wildman–Crippen LogP) is 5.69. The number of allylic oxidation sites excluding steroid dienone is 1. The van der Waals surface area contributed by atoms with E-state index in [0.29, 0.717) is 13.0 Å². The number of carbonyl (C=O) groups excluding carboxylic acids is 2. The van der Waals surface area contributed by atoms with Crippen LogP contribution < -0.4 is 4.74 Å². The number of likely N-dealkylation sites (N-methyl/N-ethyl adjacent to an activating group) is 2. The van der Waals surface area contributed by atoms with Crippen LogP contribution in [0.5, 0.6) is 5.75 Å². The third-order valence-corrected chi connectivity index (χ3v) is 14.5. The van der Waals surface area contributed by atoms with E-state index in [2.05, 4.69) is 83.5 Å². The summed E-state index contributed by atoms with van der Waals surface area (Å²) < 4.78 is 16.7. The minimum atomic E-state index is -0.250. The Kier molecular flexibility index (Phi) is 8.03. The largest absolute Gasteiger partial charge is 0.500 e. The number of nitrogens with zero attached hydrogens (tertiary/aromatic N) is 4. The van der Waals surface area contributed by atoms with E-state index in [9.17, 15) is 14.7 Å². The second-order valence-corrected chi connectivity index (χ2v) is 16.6. The van der Waals surface area contributed by atoms with Crippen molar-refractivity contribution in [2.24, 2.45) is 43.7 Å². The lowest BCUT2D eigenvalue weighted by Gasteiger charge is -2.53. The van der Waals surface area contributed by atoms with E-state index in [1.165, 1.54) is 38.8 Å². The van der Waals surface area contributed by atoms with Crippen molar-refractivity contribution in [1.29, 1.82) is 0 Å². The highest BCUT2D eigenvalue weighted by Gasteiger charge is 2.52.